The molecule has 6 nitrogen and oxygen atoms in total. The summed E-state index contributed by atoms with van der Waals surface area (Å²) in [6, 6.07) is 7.50. The van der Waals surface area contributed by atoms with E-state index in [4.69, 9.17) is 9.47 Å². The topological polar surface area (TPSA) is 78.7 Å². The Hall–Kier alpha value is -2.48. The van der Waals surface area contributed by atoms with Crippen LogP contribution in [0.25, 0.3) is 0 Å². The van der Waals surface area contributed by atoms with E-state index in [1.807, 2.05) is 0 Å². The summed E-state index contributed by atoms with van der Waals surface area (Å²) in [6.45, 7) is 0. The second-order valence-electron chi connectivity index (χ2n) is 4.10. The third-order valence-electron chi connectivity index (χ3n) is 2.72. The molecule has 0 unspecified atom stereocenters. The van der Waals surface area contributed by atoms with Crippen LogP contribution in [0.2, 0.25) is 0 Å². The minimum Gasteiger partial charge on any atom is -0.496 e. The fourth-order valence-corrected chi connectivity index (χ4v) is 2.00. The number of benzene rings is 2. The van der Waals surface area contributed by atoms with Crippen molar-refractivity contribution in [1.82, 2.24) is 0 Å². The molecule has 0 spiro atoms. The molecule has 0 aliphatic heterocycles. The molecule has 8 heteroatoms. The first-order valence-corrected chi connectivity index (χ1v) is 6.71. The normalized spacial score (nSPS) is 10.1. The molecule has 114 valence electrons. The molecule has 0 saturated carbocycles. The molecule has 0 atom stereocenters. The summed E-state index contributed by atoms with van der Waals surface area (Å²) in [6.07, 6.45) is 0. The van der Waals surface area contributed by atoms with Crippen LogP contribution in [0, 0.1) is 15.9 Å². The number of esters is 1. The zero-order chi connectivity index (χ0) is 16.3. The van der Waals surface area contributed by atoms with Crippen LogP contribution in [0.5, 0.6) is 11.5 Å². The Labute approximate surface area is 132 Å². The van der Waals surface area contributed by atoms with Crippen LogP contribution >= 0.6 is 15.9 Å². The van der Waals surface area contributed by atoms with Gasteiger partial charge in [-0.2, -0.15) is 0 Å². The van der Waals surface area contributed by atoms with Crippen molar-refractivity contribution in [1.29, 1.82) is 0 Å². The molecule has 0 heterocycles. The van der Waals surface area contributed by atoms with Crippen LogP contribution in [0.15, 0.2) is 40.9 Å². The Morgan fingerprint density at radius 2 is 2.00 bits per heavy atom. The number of hydrogen-bond acceptors (Lipinski definition) is 5. The Morgan fingerprint density at radius 1 is 1.27 bits per heavy atom. The van der Waals surface area contributed by atoms with Crippen molar-refractivity contribution in [2.24, 2.45) is 0 Å². The summed E-state index contributed by atoms with van der Waals surface area (Å²) in [4.78, 5) is 22.2. The summed E-state index contributed by atoms with van der Waals surface area (Å²) < 4.78 is 23.9. The molecule has 0 fully saturated rings. The molecular weight excluding hydrogens is 361 g/mol. The summed E-state index contributed by atoms with van der Waals surface area (Å²) in [5.74, 6) is -1.88. The smallest absolute Gasteiger partial charge is 0.346 e. The zero-order valence-electron chi connectivity index (χ0n) is 11.2. The zero-order valence-corrected chi connectivity index (χ0v) is 12.8. The lowest BCUT2D eigenvalue weighted by molar-refractivity contribution is -0.385. The number of ether oxygens (including phenoxy) is 2. The van der Waals surface area contributed by atoms with Gasteiger partial charge in [-0.3, -0.25) is 10.1 Å². The average molecular weight is 370 g/mol. The standard InChI is InChI=1S/C14H9BrFNO5/c1-21-9-3-5-13(12(7-9)17(19)20)22-14(18)10-4-2-8(15)6-11(10)16/h2-7H,1H3. The van der Waals surface area contributed by atoms with Crippen molar-refractivity contribution < 1.29 is 23.6 Å². The van der Waals surface area contributed by atoms with Gasteiger partial charge in [-0.15, -0.1) is 0 Å². The maximum absolute atomic E-state index is 13.7. The monoisotopic (exact) mass is 369 g/mol. The van der Waals surface area contributed by atoms with E-state index in [9.17, 15) is 19.3 Å². The van der Waals surface area contributed by atoms with E-state index in [1.165, 1.54) is 31.4 Å². The van der Waals surface area contributed by atoms with Gasteiger partial charge >= 0.3 is 11.7 Å². The Bertz CT molecular complexity index is 750. The van der Waals surface area contributed by atoms with Crippen LogP contribution in [0.4, 0.5) is 10.1 Å². The first-order chi connectivity index (χ1) is 10.4. The van der Waals surface area contributed by atoms with Gasteiger partial charge in [0.2, 0.25) is 5.75 Å². The Morgan fingerprint density at radius 3 is 2.59 bits per heavy atom. The number of nitrogens with zero attached hydrogens (tertiary/aromatic N) is 1. The first-order valence-electron chi connectivity index (χ1n) is 5.92. The molecule has 2 aromatic carbocycles. The molecular formula is C14H9BrFNO5. The molecule has 0 saturated heterocycles. The molecule has 0 aliphatic rings. The number of hydrogen-bond donors (Lipinski definition) is 0. The van der Waals surface area contributed by atoms with E-state index >= 15 is 0 Å². The Kier molecular flexibility index (Phi) is 4.71. The lowest BCUT2D eigenvalue weighted by atomic mass is 10.2. The SMILES string of the molecule is COc1ccc(OC(=O)c2ccc(Br)cc2F)c([N+](=O)[O-])c1. The molecule has 2 rings (SSSR count). The number of nitro benzene ring substituents is 1. The summed E-state index contributed by atoms with van der Waals surface area (Å²) in [5, 5.41) is 11.0. The van der Waals surface area contributed by atoms with Gasteiger partial charge in [-0.05, 0) is 30.3 Å². The van der Waals surface area contributed by atoms with Crippen LogP contribution in [-0.4, -0.2) is 18.0 Å². The predicted octanol–water partition coefficient (Wildman–Crippen LogP) is 3.72. The van der Waals surface area contributed by atoms with Crippen molar-refractivity contribution in [2.45, 2.75) is 0 Å². The van der Waals surface area contributed by atoms with E-state index in [1.54, 1.807) is 0 Å². The molecule has 2 aromatic rings. The molecule has 0 aliphatic carbocycles. The van der Waals surface area contributed by atoms with Gasteiger partial charge in [0.1, 0.15) is 11.6 Å². The van der Waals surface area contributed by atoms with Crippen LogP contribution in [-0.2, 0) is 0 Å². The van der Waals surface area contributed by atoms with E-state index in [0.717, 1.165) is 12.1 Å². The molecule has 22 heavy (non-hydrogen) atoms. The third-order valence-corrected chi connectivity index (χ3v) is 3.21. The minimum absolute atomic E-state index is 0.237. The highest BCUT2D eigenvalue weighted by Crippen LogP contribution is 2.31. The number of nitro groups is 1. The van der Waals surface area contributed by atoms with E-state index in [2.05, 4.69) is 15.9 Å². The van der Waals surface area contributed by atoms with Gasteiger partial charge in [0.05, 0.1) is 23.7 Å². The largest absolute Gasteiger partial charge is 0.496 e. The van der Waals surface area contributed by atoms with Crippen molar-refractivity contribution in [3.8, 4) is 11.5 Å². The second kappa shape index (κ2) is 6.52. The van der Waals surface area contributed by atoms with Crippen molar-refractivity contribution in [3.05, 3.63) is 62.4 Å². The van der Waals surface area contributed by atoms with Gasteiger partial charge in [0.25, 0.3) is 0 Å². The maximum atomic E-state index is 13.7. The third kappa shape index (κ3) is 3.40. The molecule has 0 aromatic heterocycles. The number of carbonyl (C=O) groups excluding carboxylic acids is 1. The van der Waals surface area contributed by atoms with E-state index < -0.39 is 22.4 Å². The van der Waals surface area contributed by atoms with Gasteiger partial charge in [-0.25, -0.2) is 9.18 Å². The molecule has 0 N–H and O–H groups in total. The highest BCUT2D eigenvalue weighted by atomic mass is 79.9. The van der Waals surface area contributed by atoms with Crippen molar-refractivity contribution in [2.75, 3.05) is 7.11 Å². The number of halogens is 2. The van der Waals surface area contributed by atoms with E-state index in [0.29, 0.717) is 4.47 Å². The lowest BCUT2D eigenvalue weighted by Crippen LogP contribution is -2.11. The van der Waals surface area contributed by atoms with Crippen LogP contribution in [0.1, 0.15) is 10.4 Å². The van der Waals surface area contributed by atoms with Gasteiger partial charge in [0.15, 0.2) is 0 Å². The minimum atomic E-state index is -1.03. The van der Waals surface area contributed by atoms with Crippen LogP contribution < -0.4 is 9.47 Å². The maximum Gasteiger partial charge on any atom is 0.346 e. The second-order valence-corrected chi connectivity index (χ2v) is 5.02. The summed E-state index contributed by atoms with van der Waals surface area (Å²) in [7, 11) is 1.35. The molecule has 0 radical (unpaired) electrons. The quantitative estimate of drug-likeness (QED) is 0.355. The van der Waals surface area contributed by atoms with Crippen LogP contribution in [0.3, 0.4) is 0 Å². The number of rotatable bonds is 4. The lowest BCUT2D eigenvalue weighted by Gasteiger charge is -2.07. The van der Waals surface area contributed by atoms with Gasteiger partial charge < -0.3 is 9.47 Å². The first kappa shape index (κ1) is 15.9. The van der Waals surface area contributed by atoms with E-state index in [-0.39, 0.29) is 17.1 Å². The molecule has 0 amide bonds. The van der Waals surface area contributed by atoms with Crippen molar-refractivity contribution in [3.63, 3.8) is 0 Å². The highest BCUT2D eigenvalue weighted by molar-refractivity contribution is 9.10. The predicted molar refractivity (Wildman–Crippen MR) is 78.7 cm³/mol. The fourth-order valence-electron chi connectivity index (χ4n) is 1.66. The Balaban J connectivity index is 2.34. The summed E-state index contributed by atoms with van der Waals surface area (Å²) >= 11 is 3.06. The van der Waals surface area contributed by atoms with Crippen molar-refractivity contribution >= 4 is 27.6 Å². The number of methoxy groups -OCH3 is 1. The molecule has 0 bridgehead atoms. The highest BCUT2D eigenvalue weighted by Gasteiger charge is 2.21. The van der Waals surface area contributed by atoms with Gasteiger partial charge in [-0.1, -0.05) is 15.9 Å². The number of carbonyl (C=O) groups is 1. The summed E-state index contributed by atoms with van der Waals surface area (Å²) in [5.41, 5.74) is -0.779. The van der Waals surface area contributed by atoms with Gasteiger partial charge in [0, 0.05) is 4.47 Å². The average Bonchev–Trinajstić information content (AvgIpc) is 2.47. The fraction of sp³-hybridized carbons (Fsp3) is 0.0714.